The first-order valence-corrected chi connectivity index (χ1v) is 9.95. The third-order valence-electron chi connectivity index (χ3n) is 3.99. The molecule has 9 heteroatoms. The molecule has 1 aliphatic heterocycles. The van der Waals surface area contributed by atoms with E-state index in [1.807, 2.05) is 0 Å². The van der Waals surface area contributed by atoms with Crippen molar-refractivity contribution in [2.24, 2.45) is 0 Å². The molecule has 1 aromatic heterocycles. The van der Waals surface area contributed by atoms with E-state index in [0.29, 0.717) is 49.3 Å². The fourth-order valence-electron chi connectivity index (χ4n) is 2.64. The van der Waals surface area contributed by atoms with Crippen LogP contribution < -0.4 is 0 Å². The average molecular weight is 415 g/mol. The van der Waals surface area contributed by atoms with E-state index in [-0.39, 0.29) is 0 Å². The predicted molar refractivity (Wildman–Crippen MR) is 92.1 cm³/mol. The van der Waals surface area contributed by atoms with Crippen molar-refractivity contribution < 1.29 is 12.8 Å². The molecule has 0 radical (unpaired) electrons. The molecule has 0 bridgehead atoms. The van der Waals surface area contributed by atoms with Gasteiger partial charge in [-0.05, 0) is 24.3 Å². The molecule has 2 aromatic rings. The maximum Gasteiger partial charge on any atom is 0.243 e. The van der Waals surface area contributed by atoms with E-state index in [0.717, 1.165) is 11.0 Å². The number of piperazine rings is 1. The highest BCUT2D eigenvalue weighted by molar-refractivity contribution is 9.10. The first kappa shape index (κ1) is 17.5. The standard InChI is InChI=1S/C15H19BrN4O3S/c1-12-17-18-15(23-12)6-7-19-8-10-20(11-9-19)24(21,22)14-4-2-13(16)3-5-14/h2-5H,6-11H2,1H3. The lowest BCUT2D eigenvalue weighted by Crippen LogP contribution is -2.49. The van der Waals surface area contributed by atoms with Crippen molar-refractivity contribution in [1.29, 1.82) is 0 Å². The fraction of sp³-hybridized carbons (Fsp3) is 0.467. The van der Waals surface area contributed by atoms with Crippen LogP contribution in [0.1, 0.15) is 11.8 Å². The molecule has 1 aliphatic rings. The second kappa shape index (κ2) is 7.30. The first-order chi connectivity index (χ1) is 11.4. The molecule has 24 heavy (non-hydrogen) atoms. The van der Waals surface area contributed by atoms with E-state index in [1.165, 1.54) is 0 Å². The maximum atomic E-state index is 12.6. The largest absolute Gasteiger partial charge is 0.426 e. The van der Waals surface area contributed by atoms with Crippen LogP contribution in [-0.4, -0.2) is 60.5 Å². The third kappa shape index (κ3) is 4.02. The maximum absolute atomic E-state index is 12.6. The zero-order valence-electron chi connectivity index (χ0n) is 13.4. The summed E-state index contributed by atoms with van der Waals surface area (Å²) in [5.74, 6) is 1.19. The Kier molecular flexibility index (Phi) is 5.33. The zero-order valence-corrected chi connectivity index (χ0v) is 15.8. The van der Waals surface area contributed by atoms with Crippen LogP contribution in [0.3, 0.4) is 0 Å². The van der Waals surface area contributed by atoms with Crippen LogP contribution in [0, 0.1) is 6.92 Å². The molecule has 1 aromatic carbocycles. The number of aryl methyl sites for hydroxylation is 1. The molecule has 1 saturated heterocycles. The number of aromatic nitrogens is 2. The van der Waals surface area contributed by atoms with Gasteiger partial charge in [0.2, 0.25) is 21.8 Å². The Labute approximate surface area is 149 Å². The van der Waals surface area contributed by atoms with Crippen molar-refractivity contribution in [3.05, 3.63) is 40.5 Å². The molecular formula is C15H19BrN4O3S. The van der Waals surface area contributed by atoms with Gasteiger partial charge in [-0.3, -0.25) is 0 Å². The highest BCUT2D eigenvalue weighted by atomic mass is 79.9. The Morgan fingerprint density at radius 3 is 2.38 bits per heavy atom. The molecule has 0 saturated carbocycles. The molecule has 0 atom stereocenters. The highest BCUT2D eigenvalue weighted by Gasteiger charge is 2.28. The molecule has 0 unspecified atom stereocenters. The minimum absolute atomic E-state index is 0.334. The van der Waals surface area contributed by atoms with Crippen molar-refractivity contribution in [3.63, 3.8) is 0 Å². The Balaban J connectivity index is 1.55. The van der Waals surface area contributed by atoms with Crippen LogP contribution in [0.25, 0.3) is 0 Å². The van der Waals surface area contributed by atoms with Gasteiger partial charge in [0, 0.05) is 50.5 Å². The lowest BCUT2D eigenvalue weighted by atomic mass is 10.3. The zero-order chi connectivity index (χ0) is 17.2. The van der Waals surface area contributed by atoms with Crippen LogP contribution in [-0.2, 0) is 16.4 Å². The number of hydrogen-bond acceptors (Lipinski definition) is 6. The minimum Gasteiger partial charge on any atom is -0.426 e. The topological polar surface area (TPSA) is 79.5 Å². The normalized spacial score (nSPS) is 17.2. The predicted octanol–water partition coefficient (Wildman–Crippen LogP) is 1.69. The molecule has 7 nitrogen and oxygen atoms in total. The summed E-state index contributed by atoms with van der Waals surface area (Å²) in [4.78, 5) is 2.55. The lowest BCUT2D eigenvalue weighted by Gasteiger charge is -2.33. The second-order valence-corrected chi connectivity index (χ2v) is 8.52. The number of benzene rings is 1. The molecule has 3 rings (SSSR count). The van der Waals surface area contributed by atoms with Gasteiger partial charge >= 0.3 is 0 Å². The van der Waals surface area contributed by atoms with Crippen molar-refractivity contribution in [2.45, 2.75) is 18.2 Å². The van der Waals surface area contributed by atoms with E-state index >= 15 is 0 Å². The van der Waals surface area contributed by atoms with Gasteiger partial charge in [-0.2, -0.15) is 4.31 Å². The van der Waals surface area contributed by atoms with Crippen molar-refractivity contribution in [3.8, 4) is 0 Å². The summed E-state index contributed by atoms with van der Waals surface area (Å²) < 4.78 is 33.1. The fourth-order valence-corrected chi connectivity index (χ4v) is 4.33. The van der Waals surface area contributed by atoms with Crippen molar-refractivity contribution in [1.82, 2.24) is 19.4 Å². The summed E-state index contributed by atoms with van der Waals surface area (Å²) in [6.45, 7) is 4.92. The number of hydrogen-bond donors (Lipinski definition) is 0. The van der Waals surface area contributed by atoms with Gasteiger partial charge in [0.1, 0.15) is 0 Å². The lowest BCUT2D eigenvalue weighted by molar-refractivity contribution is 0.186. The van der Waals surface area contributed by atoms with Crippen LogP contribution in [0.4, 0.5) is 0 Å². The summed E-state index contributed by atoms with van der Waals surface area (Å²) >= 11 is 3.32. The molecule has 0 N–H and O–H groups in total. The smallest absolute Gasteiger partial charge is 0.243 e. The summed E-state index contributed by atoms with van der Waals surface area (Å²) in [6, 6.07) is 6.75. The van der Waals surface area contributed by atoms with Crippen molar-refractivity contribution in [2.75, 3.05) is 32.7 Å². The van der Waals surface area contributed by atoms with Crippen LogP contribution >= 0.6 is 15.9 Å². The van der Waals surface area contributed by atoms with Gasteiger partial charge in [0.05, 0.1) is 4.90 Å². The summed E-state index contributed by atoms with van der Waals surface area (Å²) in [7, 11) is -3.42. The van der Waals surface area contributed by atoms with Crippen molar-refractivity contribution >= 4 is 26.0 Å². The van der Waals surface area contributed by atoms with E-state index in [2.05, 4.69) is 31.0 Å². The molecule has 130 valence electrons. The molecule has 2 heterocycles. The number of halogens is 1. The number of nitrogens with zero attached hydrogens (tertiary/aromatic N) is 4. The Morgan fingerprint density at radius 1 is 1.12 bits per heavy atom. The third-order valence-corrected chi connectivity index (χ3v) is 6.43. The van der Waals surface area contributed by atoms with E-state index in [4.69, 9.17) is 4.42 Å². The van der Waals surface area contributed by atoms with E-state index < -0.39 is 10.0 Å². The minimum atomic E-state index is -3.42. The monoisotopic (exact) mass is 414 g/mol. The van der Waals surface area contributed by atoms with Gasteiger partial charge in [-0.15, -0.1) is 10.2 Å². The number of sulfonamides is 1. The Hall–Kier alpha value is -1.29. The van der Waals surface area contributed by atoms with Gasteiger partial charge in [-0.1, -0.05) is 15.9 Å². The van der Waals surface area contributed by atoms with Crippen LogP contribution in [0.5, 0.6) is 0 Å². The first-order valence-electron chi connectivity index (χ1n) is 7.72. The highest BCUT2D eigenvalue weighted by Crippen LogP contribution is 2.20. The van der Waals surface area contributed by atoms with Gasteiger partial charge in [-0.25, -0.2) is 8.42 Å². The summed E-state index contributed by atoms with van der Waals surface area (Å²) in [5.41, 5.74) is 0. The van der Waals surface area contributed by atoms with Gasteiger partial charge in [0.15, 0.2) is 0 Å². The molecule has 0 spiro atoms. The van der Waals surface area contributed by atoms with Crippen LogP contribution in [0.2, 0.25) is 0 Å². The summed E-state index contributed by atoms with van der Waals surface area (Å²) in [6.07, 6.45) is 0.681. The molecule has 1 fully saturated rings. The SMILES string of the molecule is Cc1nnc(CCN2CCN(S(=O)(=O)c3ccc(Br)cc3)CC2)o1. The van der Waals surface area contributed by atoms with Crippen LogP contribution in [0.15, 0.2) is 38.1 Å². The average Bonchev–Trinajstić information content (AvgIpc) is 2.99. The van der Waals surface area contributed by atoms with Gasteiger partial charge in [0.25, 0.3) is 0 Å². The molecule has 0 aliphatic carbocycles. The Morgan fingerprint density at radius 2 is 1.79 bits per heavy atom. The second-order valence-electron chi connectivity index (χ2n) is 5.66. The molecular weight excluding hydrogens is 396 g/mol. The Bertz CT molecular complexity index is 783. The molecule has 0 amide bonds. The van der Waals surface area contributed by atoms with E-state index in [1.54, 1.807) is 35.5 Å². The number of rotatable bonds is 5. The van der Waals surface area contributed by atoms with E-state index in [9.17, 15) is 8.42 Å². The van der Waals surface area contributed by atoms with Gasteiger partial charge < -0.3 is 9.32 Å². The quantitative estimate of drug-likeness (QED) is 0.740. The summed E-state index contributed by atoms with van der Waals surface area (Å²) in [5, 5.41) is 7.79.